The quantitative estimate of drug-likeness (QED) is 0.686. The Morgan fingerprint density at radius 3 is 2.64 bits per heavy atom. The van der Waals surface area contributed by atoms with E-state index in [0.717, 1.165) is 11.8 Å². The van der Waals surface area contributed by atoms with E-state index in [1.807, 2.05) is 0 Å². The molecule has 1 N–H and O–H groups in total. The van der Waals surface area contributed by atoms with Crippen LogP contribution in [-0.4, -0.2) is 13.1 Å². The van der Waals surface area contributed by atoms with Gasteiger partial charge in [-0.05, 0) is 37.8 Å². The van der Waals surface area contributed by atoms with E-state index in [1.165, 1.54) is 58.0 Å². The largest absolute Gasteiger partial charge is 0.316 e. The van der Waals surface area contributed by atoms with Crippen molar-refractivity contribution >= 4 is 0 Å². The van der Waals surface area contributed by atoms with Gasteiger partial charge in [0.1, 0.15) is 0 Å². The maximum absolute atomic E-state index is 3.55. The maximum atomic E-state index is 3.55. The summed E-state index contributed by atoms with van der Waals surface area (Å²) in [5, 5.41) is 3.55. The molecular formula is C13H27N. The van der Waals surface area contributed by atoms with Crippen LogP contribution in [0.1, 0.15) is 58.8 Å². The van der Waals surface area contributed by atoms with Crippen molar-refractivity contribution < 1.29 is 0 Å². The van der Waals surface area contributed by atoms with Gasteiger partial charge in [0.2, 0.25) is 0 Å². The van der Waals surface area contributed by atoms with Crippen LogP contribution < -0.4 is 5.32 Å². The molecule has 2 unspecified atom stereocenters. The molecule has 1 aliphatic rings. The molecule has 1 fully saturated rings. The summed E-state index contributed by atoms with van der Waals surface area (Å²) in [6.07, 6.45) is 9.95. The predicted octanol–water partition coefficient (Wildman–Crippen LogP) is 3.59. The molecule has 0 aromatic carbocycles. The van der Waals surface area contributed by atoms with E-state index in [1.54, 1.807) is 0 Å². The third-order valence-corrected chi connectivity index (χ3v) is 3.59. The minimum atomic E-state index is 0.982. The molecule has 0 spiro atoms. The molecule has 2 atom stereocenters. The number of piperidine rings is 1. The van der Waals surface area contributed by atoms with Gasteiger partial charge in [-0.25, -0.2) is 0 Å². The lowest BCUT2D eigenvalue weighted by molar-refractivity contribution is 0.233. The second-order valence-electron chi connectivity index (χ2n) is 4.80. The van der Waals surface area contributed by atoms with Crippen molar-refractivity contribution in [2.24, 2.45) is 11.8 Å². The van der Waals surface area contributed by atoms with Crippen molar-refractivity contribution in [2.45, 2.75) is 58.8 Å². The Balaban J connectivity index is 2.30. The highest BCUT2D eigenvalue weighted by Crippen LogP contribution is 2.28. The first-order chi connectivity index (χ1) is 6.88. The fourth-order valence-corrected chi connectivity index (χ4v) is 2.73. The molecule has 1 nitrogen and oxygen atoms in total. The highest BCUT2D eigenvalue weighted by atomic mass is 14.9. The van der Waals surface area contributed by atoms with Crippen LogP contribution in [-0.2, 0) is 0 Å². The van der Waals surface area contributed by atoms with Crippen LogP contribution in [0.25, 0.3) is 0 Å². The molecule has 0 aromatic heterocycles. The topological polar surface area (TPSA) is 12.0 Å². The molecule has 0 saturated carbocycles. The van der Waals surface area contributed by atoms with Gasteiger partial charge in [-0.15, -0.1) is 0 Å². The first-order valence-electron chi connectivity index (χ1n) is 6.59. The standard InChI is InChI=1S/C13H27N/c1-3-5-8-12(7-4-2)13-9-6-10-14-11-13/h12-14H,3-11H2,1-2H3. The second kappa shape index (κ2) is 7.28. The summed E-state index contributed by atoms with van der Waals surface area (Å²) in [5.74, 6) is 1.99. The molecule has 84 valence electrons. The van der Waals surface area contributed by atoms with Crippen LogP contribution in [0.5, 0.6) is 0 Å². The van der Waals surface area contributed by atoms with Crippen LogP contribution in [0.15, 0.2) is 0 Å². The van der Waals surface area contributed by atoms with Gasteiger partial charge < -0.3 is 5.32 Å². The molecule has 0 aromatic rings. The summed E-state index contributed by atoms with van der Waals surface area (Å²) >= 11 is 0. The molecule has 1 aliphatic heterocycles. The first kappa shape index (κ1) is 12.0. The SMILES string of the molecule is CCCCC(CCC)C1CCCNC1. The molecule has 0 radical (unpaired) electrons. The molecule has 1 rings (SSSR count). The monoisotopic (exact) mass is 197 g/mol. The van der Waals surface area contributed by atoms with E-state index in [0.29, 0.717) is 0 Å². The normalized spacial score (nSPS) is 24.9. The maximum Gasteiger partial charge on any atom is -0.00179 e. The minimum Gasteiger partial charge on any atom is -0.316 e. The van der Waals surface area contributed by atoms with Gasteiger partial charge in [-0.1, -0.05) is 46.0 Å². The van der Waals surface area contributed by atoms with Gasteiger partial charge in [-0.3, -0.25) is 0 Å². The van der Waals surface area contributed by atoms with Crippen LogP contribution in [0.2, 0.25) is 0 Å². The van der Waals surface area contributed by atoms with Crippen molar-refractivity contribution in [2.75, 3.05) is 13.1 Å². The number of hydrogen-bond acceptors (Lipinski definition) is 1. The second-order valence-corrected chi connectivity index (χ2v) is 4.80. The summed E-state index contributed by atoms with van der Waals surface area (Å²) in [4.78, 5) is 0. The lowest BCUT2D eigenvalue weighted by Crippen LogP contribution is -2.34. The zero-order valence-corrected chi connectivity index (χ0v) is 10.0. The third kappa shape index (κ3) is 4.00. The van der Waals surface area contributed by atoms with E-state index in [9.17, 15) is 0 Å². The summed E-state index contributed by atoms with van der Waals surface area (Å²) in [5.41, 5.74) is 0. The number of unbranched alkanes of at least 4 members (excludes halogenated alkanes) is 1. The van der Waals surface area contributed by atoms with Gasteiger partial charge in [0.15, 0.2) is 0 Å². The van der Waals surface area contributed by atoms with Gasteiger partial charge in [0, 0.05) is 0 Å². The van der Waals surface area contributed by atoms with Crippen molar-refractivity contribution in [3.05, 3.63) is 0 Å². The Morgan fingerprint density at radius 1 is 1.21 bits per heavy atom. The Morgan fingerprint density at radius 2 is 2.07 bits per heavy atom. The van der Waals surface area contributed by atoms with Crippen LogP contribution in [0, 0.1) is 11.8 Å². The summed E-state index contributed by atoms with van der Waals surface area (Å²) in [7, 11) is 0. The van der Waals surface area contributed by atoms with Crippen molar-refractivity contribution in [3.8, 4) is 0 Å². The lowest BCUT2D eigenvalue weighted by atomic mass is 9.80. The summed E-state index contributed by atoms with van der Waals surface area (Å²) in [6, 6.07) is 0. The fraction of sp³-hybridized carbons (Fsp3) is 1.00. The van der Waals surface area contributed by atoms with Gasteiger partial charge in [0.05, 0.1) is 0 Å². The smallest absolute Gasteiger partial charge is 0.00179 e. The summed E-state index contributed by atoms with van der Waals surface area (Å²) in [6.45, 7) is 7.18. The number of hydrogen-bond donors (Lipinski definition) is 1. The molecule has 14 heavy (non-hydrogen) atoms. The molecule has 0 bridgehead atoms. The van der Waals surface area contributed by atoms with Crippen LogP contribution >= 0.6 is 0 Å². The van der Waals surface area contributed by atoms with Crippen LogP contribution in [0.4, 0.5) is 0 Å². The van der Waals surface area contributed by atoms with Gasteiger partial charge in [-0.2, -0.15) is 0 Å². The lowest BCUT2D eigenvalue weighted by Gasteiger charge is -2.30. The predicted molar refractivity (Wildman–Crippen MR) is 63.5 cm³/mol. The molecule has 1 heterocycles. The molecule has 1 saturated heterocycles. The Bertz CT molecular complexity index is 127. The Kier molecular flexibility index (Phi) is 6.25. The van der Waals surface area contributed by atoms with Crippen LogP contribution in [0.3, 0.4) is 0 Å². The minimum absolute atomic E-state index is 0.982. The molecule has 0 aliphatic carbocycles. The van der Waals surface area contributed by atoms with E-state index in [4.69, 9.17) is 0 Å². The zero-order chi connectivity index (χ0) is 10.2. The zero-order valence-electron chi connectivity index (χ0n) is 10.0. The highest BCUT2D eigenvalue weighted by molar-refractivity contribution is 4.76. The van der Waals surface area contributed by atoms with Crippen molar-refractivity contribution in [1.82, 2.24) is 5.32 Å². The van der Waals surface area contributed by atoms with E-state index in [-0.39, 0.29) is 0 Å². The average Bonchev–Trinajstić information content (AvgIpc) is 2.25. The van der Waals surface area contributed by atoms with E-state index in [2.05, 4.69) is 19.2 Å². The molecule has 1 heteroatoms. The van der Waals surface area contributed by atoms with E-state index >= 15 is 0 Å². The fourth-order valence-electron chi connectivity index (χ4n) is 2.73. The summed E-state index contributed by atoms with van der Waals surface area (Å²) < 4.78 is 0. The number of nitrogens with one attached hydrogen (secondary N) is 1. The highest BCUT2D eigenvalue weighted by Gasteiger charge is 2.21. The number of rotatable bonds is 6. The van der Waals surface area contributed by atoms with Gasteiger partial charge >= 0.3 is 0 Å². The average molecular weight is 197 g/mol. The molecular weight excluding hydrogens is 170 g/mol. The Labute approximate surface area is 89.7 Å². The van der Waals surface area contributed by atoms with E-state index < -0.39 is 0 Å². The first-order valence-corrected chi connectivity index (χ1v) is 6.59. The third-order valence-electron chi connectivity index (χ3n) is 3.59. The van der Waals surface area contributed by atoms with Crippen molar-refractivity contribution in [3.63, 3.8) is 0 Å². The van der Waals surface area contributed by atoms with Gasteiger partial charge in [0.25, 0.3) is 0 Å². The molecule has 0 amide bonds. The Hall–Kier alpha value is -0.0400. The van der Waals surface area contributed by atoms with Crippen molar-refractivity contribution in [1.29, 1.82) is 0 Å².